The van der Waals surface area contributed by atoms with Crippen LogP contribution >= 0.6 is 15.9 Å². The van der Waals surface area contributed by atoms with Crippen LogP contribution in [0.3, 0.4) is 0 Å². The molecule has 1 atom stereocenters. The van der Waals surface area contributed by atoms with Crippen LogP contribution < -0.4 is 15.5 Å². The van der Waals surface area contributed by atoms with Crippen LogP contribution in [0.4, 0.5) is 25.1 Å². The van der Waals surface area contributed by atoms with E-state index in [1.54, 1.807) is 6.20 Å². The number of halogens is 3. The second-order valence-electron chi connectivity index (χ2n) is 5.46. The third-order valence-corrected chi connectivity index (χ3v) is 4.20. The Morgan fingerprint density at radius 2 is 2.04 bits per heavy atom. The van der Waals surface area contributed by atoms with Crippen molar-refractivity contribution in [2.45, 2.75) is 12.5 Å². The molecule has 8 heteroatoms. The Bertz CT molecular complexity index is 721. The minimum absolute atomic E-state index is 0.117. The second kappa shape index (κ2) is 7.12. The summed E-state index contributed by atoms with van der Waals surface area (Å²) in [5.74, 6) is -0.829. The number of urea groups is 1. The lowest BCUT2D eigenvalue weighted by Crippen LogP contribution is -2.40. The number of pyridine rings is 1. The third kappa shape index (κ3) is 3.81. The molecule has 2 N–H and O–H groups in total. The first-order valence-electron chi connectivity index (χ1n) is 7.41. The molecule has 2 amide bonds. The van der Waals surface area contributed by atoms with Crippen LogP contribution in [0.25, 0.3) is 0 Å². The molecule has 5 nitrogen and oxygen atoms in total. The fourth-order valence-electron chi connectivity index (χ4n) is 2.62. The Morgan fingerprint density at radius 1 is 1.29 bits per heavy atom. The number of amides is 2. The zero-order valence-electron chi connectivity index (χ0n) is 12.6. The zero-order chi connectivity index (χ0) is 17.1. The summed E-state index contributed by atoms with van der Waals surface area (Å²) in [6.45, 7) is 1.35. The van der Waals surface area contributed by atoms with E-state index in [-0.39, 0.29) is 10.5 Å². The van der Waals surface area contributed by atoms with Gasteiger partial charge in [-0.05, 0) is 30.7 Å². The van der Waals surface area contributed by atoms with E-state index in [0.29, 0.717) is 6.54 Å². The molecule has 1 unspecified atom stereocenters. The van der Waals surface area contributed by atoms with Crippen LogP contribution in [-0.4, -0.2) is 30.1 Å². The first kappa shape index (κ1) is 16.6. The summed E-state index contributed by atoms with van der Waals surface area (Å²) in [5.41, 5.74) is -0.463. The standard InChI is InChI=1S/C16H15BrF2N4O/c17-10-7-12(18)15(13(19)8-10)22-16(24)21-11-4-6-23(9-11)14-3-1-2-5-20-14/h1-3,5,7-8,11H,4,6,9H2,(H2,21,22,24). The molecule has 126 valence electrons. The van der Waals surface area contributed by atoms with Gasteiger partial charge in [-0.3, -0.25) is 0 Å². The van der Waals surface area contributed by atoms with Crippen molar-refractivity contribution in [3.63, 3.8) is 0 Å². The number of hydrogen-bond acceptors (Lipinski definition) is 3. The minimum Gasteiger partial charge on any atom is -0.354 e. The summed E-state index contributed by atoms with van der Waals surface area (Å²) in [5, 5.41) is 4.96. The maximum absolute atomic E-state index is 13.7. The molecular formula is C16H15BrF2N4O. The van der Waals surface area contributed by atoms with Crippen molar-refractivity contribution in [1.29, 1.82) is 0 Å². The summed E-state index contributed by atoms with van der Waals surface area (Å²) < 4.78 is 27.7. The Labute approximate surface area is 146 Å². The first-order valence-corrected chi connectivity index (χ1v) is 8.20. The van der Waals surface area contributed by atoms with E-state index < -0.39 is 23.4 Å². The Balaban J connectivity index is 1.59. The molecular weight excluding hydrogens is 382 g/mol. The quantitative estimate of drug-likeness (QED) is 0.834. The van der Waals surface area contributed by atoms with Gasteiger partial charge in [0.15, 0.2) is 11.6 Å². The number of rotatable bonds is 3. The predicted octanol–water partition coefficient (Wildman–Crippen LogP) is 3.52. The van der Waals surface area contributed by atoms with Gasteiger partial charge in [0.25, 0.3) is 0 Å². The van der Waals surface area contributed by atoms with Gasteiger partial charge in [-0.15, -0.1) is 0 Å². The van der Waals surface area contributed by atoms with Crippen molar-refractivity contribution in [3.8, 4) is 0 Å². The zero-order valence-corrected chi connectivity index (χ0v) is 14.2. The Hall–Kier alpha value is -2.22. The van der Waals surface area contributed by atoms with E-state index >= 15 is 0 Å². The lowest BCUT2D eigenvalue weighted by molar-refractivity contribution is 0.249. The number of benzene rings is 1. The highest BCUT2D eigenvalue weighted by Gasteiger charge is 2.25. The van der Waals surface area contributed by atoms with Crippen LogP contribution in [-0.2, 0) is 0 Å². The topological polar surface area (TPSA) is 57.3 Å². The molecule has 0 saturated carbocycles. The highest BCUT2D eigenvalue weighted by Crippen LogP contribution is 2.24. The van der Waals surface area contributed by atoms with E-state index in [1.165, 1.54) is 0 Å². The van der Waals surface area contributed by atoms with Crippen LogP contribution in [0.15, 0.2) is 41.0 Å². The maximum atomic E-state index is 13.7. The first-order chi connectivity index (χ1) is 11.5. The molecule has 1 aliphatic rings. The third-order valence-electron chi connectivity index (χ3n) is 3.74. The van der Waals surface area contributed by atoms with Gasteiger partial charge < -0.3 is 15.5 Å². The van der Waals surface area contributed by atoms with Crippen LogP contribution in [0, 0.1) is 11.6 Å². The monoisotopic (exact) mass is 396 g/mol. The Morgan fingerprint density at radius 3 is 2.71 bits per heavy atom. The summed E-state index contributed by atoms with van der Waals surface area (Å²) in [6, 6.07) is 7.07. The molecule has 0 spiro atoms. The molecule has 0 radical (unpaired) electrons. The summed E-state index contributed by atoms with van der Waals surface area (Å²) in [6.07, 6.45) is 2.44. The molecule has 1 aromatic carbocycles. The van der Waals surface area contributed by atoms with Crippen LogP contribution in [0.1, 0.15) is 6.42 Å². The molecule has 1 aliphatic heterocycles. The number of nitrogens with one attached hydrogen (secondary N) is 2. The molecule has 2 aromatic rings. The van der Waals surface area contributed by atoms with E-state index in [0.717, 1.165) is 30.9 Å². The number of hydrogen-bond donors (Lipinski definition) is 2. The molecule has 0 aliphatic carbocycles. The summed E-state index contributed by atoms with van der Waals surface area (Å²) >= 11 is 2.99. The largest absolute Gasteiger partial charge is 0.354 e. The fraction of sp³-hybridized carbons (Fsp3) is 0.250. The van der Waals surface area contributed by atoms with E-state index in [2.05, 4.69) is 31.5 Å². The number of aromatic nitrogens is 1. The molecule has 24 heavy (non-hydrogen) atoms. The Kier molecular flexibility index (Phi) is 4.94. The van der Waals surface area contributed by atoms with Gasteiger partial charge in [-0.25, -0.2) is 18.6 Å². The van der Waals surface area contributed by atoms with Gasteiger partial charge in [-0.1, -0.05) is 22.0 Å². The number of carbonyl (C=O) groups excluding carboxylic acids is 1. The molecule has 0 bridgehead atoms. The van der Waals surface area contributed by atoms with Gasteiger partial charge in [0.05, 0.1) is 0 Å². The number of nitrogens with zero attached hydrogens (tertiary/aromatic N) is 2. The van der Waals surface area contributed by atoms with Gasteiger partial charge in [0.1, 0.15) is 11.5 Å². The maximum Gasteiger partial charge on any atom is 0.319 e. The predicted molar refractivity (Wildman–Crippen MR) is 91.1 cm³/mol. The molecule has 1 aromatic heterocycles. The second-order valence-corrected chi connectivity index (χ2v) is 6.38. The number of anilines is 2. The molecule has 1 fully saturated rings. The van der Waals surface area contributed by atoms with Crippen molar-refractivity contribution in [2.24, 2.45) is 0 Å². The number of carbonyl (C=O) groups is 1. The van der Waals surface area contributed by atoms with Crippen molar-refractivity contribution in [3.05, 3.63) is 52.6 Å². The lowest BCUT2D eigenvalue weighted by atomic mass is 10.2. The van der Waals surface area contributed by atoms with Crippen molar-refractivity contribution in [1.82, 2.24) is 10.3 Å². The van der Waals surface area contributed by atoms with Gasteiger partial charge in [0.2, 0.25) is 0 Å². The van der Waals surface area contributed by atoms with Crippen molar-refractivity contribution < 1.29 is 13.6 Å². The van der Waals surface area contributed by atoms with E-state index in [9.17, 15) is 13.6 Å². The highest BCUT2D eigenvalue weighted by atomic mass is 79.9. The SMILES string of the molecule is O=C(Nc1c(F)cc(Br)cc1F)NC1CCN(c2ccccn2)C1. The van der Waals surface area contributed by atoms with Gasteiger partial charge >= 0.3 is 6.03 Å². The fourth-order valence-corrected chi connectivity index (χ4v) is 3.03. The lowest BCUT2D eigenvalue weighted by Gasteiger charge is -2.18. The van der Waals surface area contributed by atoms with Gasteiger partial charge in [-0.2, -0.15) is 0 Å². The average Bonchev–Trinajstić information content (AvgIpc) is 3.00. The average molecular weight is 397 g/mol. The van der Waals surface area contributed by atoms with E-state index in [1.807, 2.05) is 23.1 Å². The van der Waals surface area contributed by atoms with Crippen molar-refractivity contribution in [2.75, 3.05) is 23.3 Å². The summed E-state index contributed by atoms with van der Waals surface area (Å²) in [4.78, 5) is 18.3. The highest BCUT2D eigenvalue weighted by molar-refractivity contribution is 9.10. The van der Waals surface area contributed by atoms with Gasteiger partial charge in [0, 0.05) is 29.8 Å². The smallest absolute Gasteiger partial charge is 0.319 e. The molecule has 1 saturated heterocycles. The normalized spacial score (nSPS) is 17.0. The molecule has 3 rings (SSSR count). The molecule has 2 heterocycles. The summed E-state index contributed by atoms with van der Waals surface area (Å²) in [7, 11) is 0. The van der Waals surface area contributed by atoms with Crippen LogP contribution in [0.5, 0.6) is 0 Å². The van der Waals surface area contributed by atoms with Crippen molar-refractivity contribution >= 4 is 33.5 Å². The van der Waals surface area contributed by atoms with E-state index in [4.69, 9.17) is 0 Å². The minimum atomic E-state index is -0.835. The van der Waals surface area contributed by atoms with Crippen LogP contribution in [0.2, 0.25) is 0 Å².